The number of esters is 1. The number of rotatable bonds is 8. The van der Waals surface area contributed by atoms with Gasteiger partial charge in [0.25, 0.3) is 10.1 Å². The molecule has 106 valence electrons. The van der Waals surface area contributed by atoms with Crippen molar-refractivity contribution in [3.8, 4) is 0 Å². The zero-order chi connectivity index (χ0) is 14.2. The van der Waals surface area contributed by atoms with Gasteiger partial charge in [0.1, 0.15) is 5.75 Å². The molecule has 18 heavy (non-hydrogen) atoms. The van der Waals surface area contributed by atoms with Crippen LogP contribution in [0.25, 0.3) is 0 Å². The van der Waals surface area contributed by atoms with Gasteiger partial charge in [-0.25, -0.2) is 4.79 Å². The van der Waals surface area contributed by atoms with Gasteiger partial charge in [-0.1, -0.05) is 6.08 Å². The number of carbonyl (C=O) groups is 1. The van der Waals surface area contributed by atoms with Crippen molar-refractivity contribution in [3.63, 3.8) is 0 Å². The van der Waals surface area contributed by atoms with Crippen LogP contribution in [-0.4, -0.2) is 63.0 Å². The standard InChI is InChI=1S/C11H21NO5S/c1-4-6-11(13)17-9-5-7-12(2,3)8-10-18(14,15)16/h4,6H,5,7-10H2,1-3H3/p+1. The van der Waals surface area contributed by atoms with Crippen molar-refractivity contribution < 1.29 is 27.0 Å². The van der Waals surface area contributed by atoms with E-state index in [2.05, 4.69) is 0 Å². The monoisotopic (exact) mass is 280 g/mol. The molecule has 0 aliphatic heterocycles. The van der Waals surface area contributed by atoms with Gasteiger partial charge in [0.2, 0.25) is 0 Å². The second-order valence-corrected chi connectivity index (χ2v) is 6.26. The molecular formula is C11H22NO5S+. The highest BCUT2D eigenvalue weighted by Gasteiger charge is 2.18. The molecule has 0 saturated heterocycles. The largest absolute Gasteiger partial charge is 0.462 e. The molecule has 0 saturated carbocycles. The highest BCUT2D eigenvalue weighted by atomic mass is 32.2. The minimum Gasteiger partial charge on any atom is -0.462 e. The Morgan fingerprint density at radius 2 is 1.94 bits per heavy atom. The van der Waals surface area contributed by atoms with Gasteiger partial charge >= 0.3 is 5.97 Å². The van der Waals surface area contributed by atoms with Crippen LogP contribution in [0.5, 0.6) is 0 Å². The molecule has 0 amide bonds. The predicted molar refractivity (Wildman–Crippen MR) is 68.6 cm³/mol. The number of allylic oxidation sites excluding steroid dienone is 1. The second-order valence-electron chi connectivity index (χ2n) is 4.69. The third-order valence-electron chi connectivity index (χ3n) is 2.41. The maximum atomic E-state index is 11.0. The summed E-state index contributed by atoms with van der Waals surface area (Å²) in [5.41, 5.74) is 0. The number of nitrogens with zero attached hydrogens (tertiary/aromatic N) is 1. The van der Waals surface area contributed by atoms with Gasteiger partial charge < -0.3 is 9.22 Å². The van der Waals surface area contributed by atoms with Crippen molar-refractivity contribution in [2.45, 2.75) is 13.3 Å². The highest BCUT2D eigenvalue weighted by Crippen LogP contribution is 2.01. The Labute approximate surface area is 109 Å². The van der Waals surface area contributed by atoms with Gasteiger partial charge in [-0.3, -0.25) is 4.55 Å². The number of quaternary nitrogens is 1. The Morgan fingerprint density at radius 3 is 2.44 bits per heavy atom. The van der Waals surface area contributed by atoms with Gasteiger partial charge in [-0.2, -0.15) is 8.42 Å². The van der Waals surface area contributed by atoms with E-state index in [9.17, 15) is 13.2 Å². The van der Waals surface area contributed by atoms with E-state index in [-0.39, 0.29) is 11.7 Å². The van der Waals surface area contributed by atoms with Crippen molar-refractivity contribution in [1.82, 2.24) is 0 Å². The smallest absolute Gasteiger partial charge is 0.330 e. The highest BCUT2D eigenvalue weighted by molar-refractivity contribution is 7.85. The SMILES string of the molecule is CC=CC(=O)OCCC[N+](C)(C)CCS(=O)(=O)O. The predicted octanol–water partition coefficient (Wildman–Crippen LogP) is 0.460. The van der Waals surface area contributed by atoms with Crippen molar-refractivity contribution in [3.05, 3.63) is 12.2 Å². The van der Waals surface area contributed by atoms with E-state index in [4.69, 9.17) is 9.29 Å². The first-order valence-electron chi connectivity index (χ1n) is 5.73. The lowest BCUT2D eigenvalue weighted by Crippen LogP contribution is -2.44. The topological polar surface area (TPSA) is 80.7 Å². The van der Waals surface area contributed by atoms with Crippen LogP contribution in [0, 0.1) is 0 Å². The summed E-state index contributed by atoms with van der Waals surface area (Å²) in [6.07, 6.45) is 3.59. The van der Waals surface area contributed by atoms with Crippen LogP contribution in [0.15, 0.2) is 12.2 Å². The molecule has 0 aliphatic carbocycles. The number of carbonyl (C=O) groups excluding carboxylic acids is 1. The molecule has 1 N–H and O–H groups in total. The molecule has 0 unspecified atom stereocenters. The van der Waals surface area contributed by atoms with Crippen molar-refractivity contribution in [2.75, 3.05) is 39.5 Å². The molecule has 0 aromatic rings. The number of hydrogen-bond donors (Lipinski definition) is 1. The van der Waals surface area contributed by atoms with E-state index in [0.29, 0.717) is 30.6 Å². The second kappa shape index (κ2) is 7.50. The Bertz CT molecular complexity index is 386. The van der Waals surface area contributed by atoms with Crippen molar-refractivity contribution >= 4 is 16.1 Å². The van der Waals surface area contributed by atoms with Crippen LogP contribution in [0.4, 0.5) is 0 Å². The van der Waals surface area contributed by atoms with Crippen LogP contribution in [-0.2, 0) is 19.6 Å². The van der Waals surface area contributed by atoms with Gasteiger partial charge in [0.05, 0.1) is 33.8 Å². The third kappa shape index (κ3) is 10.2. The summed E-state index contributed by atoms with van der Waals surface area (Å²) in [5, 5.41) is 0. The minimum atomic E-state index is -3.92. The Morgan fingerprint density at radius 1 is 1.33 bits per heavy atom. The third-order valence-corrected chi connectivity index (χ3v) is 3.11. The molecule has 0 spiro atoms. The molecule has 7 heteroatoms. The lowest BCUT2D eigenvalue weighted by molar-refractivity contribution is -0.888. The van der Waals surface area contributed by atoms with Crippen LogP contribution in [0.2, 0.25) is 0 Å². The summed E-state index contributed by atoms with van der Waals surface area (Å²) in [5.74, 6) is -0.640. The van der Waals surface area contributed by atoms with Gasteiger partial charge in [0.15, 0.2) is 0 Å². The molecule has 0 bridgehead atoms. The Hall–Kier alpha value is -0.920. The Balaban J connectivity index is 3.87. The van der Waals surface area contributed by atoms with Gasteiger partial charge in [-0.15, -0.1) is 0 Å². The average Bonchev–Trinajstić information content (AvgIpc) is 2.22. The first-order chi connectivity index (χ1) is 8.16. The fourth-order valence-corrected chi connectivity index (χ4v) is 2.05. The summed E-state index contributed by atoms with van der Waals surface area (Å²) in [7, 11) is -0.199. The fraction of sp³-hybridized carbons (Fsp3) is 0.727. The molecule has 0 atom stereocenters. The van der Waals surface area contributed by atoms with Gasteiger partial charge in [-0.05, 0) is 6.92 Å². The van der Waals surface area contributed by atoms with E-state index in [1.165, 1.54) is 6.08 Å². The first-order valence-corrected chi connectivity index (χ1v) is 7.34. The fourth-order valence-electron chi connectivity index (χ4n) is 1.32. The molecule has 0 heterocycles. The van der Waals surface area contributed by atoms with E-state index >= 15 is 0 Å². The van der Waals surface area contributed by atoms with Crippen LogP contribution in [0.1, 0.15) is 13.3 Å². The summed E-state index contributed by atoms with van der Waals surface area (Å²) in [6, 6.07) is 0. The molecule has 0 aliphatic rings. The lowest BCUT2D eigenvalue weighted by Gasteiger charge is -2.29. The van der Waals surface area contributed by atoms with Crippen molar-refractivity contribution in [2.24, 2.45) is 0 Å². The summed E-state index contributed by atoms with van der Waals surface area (Å²) >= 11 is 0. The maximum Gasteiger partial charge on any atom is 0.330 e. The first kappa shape index (κ1) is 17.1. The average molecular weight is 280 g/mol. The summed E-state index contributed by atoms with van der Waals surface area (Å²) in [4.78, 5) is 11.0. The van der Waals surface area contributed by atoms with Crippen LogP contribution < -0.4 is 0 Å². The molecule has 0 radical (unpaired) electrons. The van der Waals surface area contributed by atoms with Crippen LogP contribution in [0.3, 0.4) is 0 Å². The van der Waals surface area contributed by atoms with E-state index in [1.54, 1.807) is 13.0 Å². The maximum absolute atomic E-state index is 11.0. The van der Waals surface area contributed by atoms with E-state index in [1.807, 2.05) is 14.1 Å². The van der Waals surface area contributed by atoms with E-state index in [0.717, 1.165) is 0 Å². The minimum absolute atomic E-state index is 0.266. The zero-order valence-corrected chi connectivity index (χ0v) is 11.9. The molecular weight excluding hydrogens is 258 g/mol. The Kier molecular flexibility index (Phi) is 7.12. The zero-order valence-electron chi connectivity index (χ0n) is 11.1. The lowest BCUT2D eigenvalue weighted by atomic mass is 10.3. The van der Waals surface area contributed by atoms with E-state index < -0.39 is 10.1 Å². The molecule has 0 fully saturated rings. The molecule has 0 rings (SSSR count). The normalized spacial score (nSPS) is 12.9. The summed E-state index contributed by atoms with van der Waals surface area (Å²) < 4.78 is 35.3. The van der Waals surface area contributed by atoms with Crippen LogP contribution >= 0.6 is 0 Å². The molecule has 0 aromatic heterocycles. The van der Waals surface area contributed by atoms with Gasteiger partial charge in [0, 0.05) is 12.5 Å². The summed E-state index contributed by atoms with van der Waals surface area (Å²) in [6.45, 7) is 3.02. The number of ether oxygens (including phenoxy) is 1. The van der Waals surface area contributed by atoms with Crippen molar-refractivity contribution in [1.29, 1.82) is 0 Å². The quantitative estimate of drug-likeness (QED) is 0.230. The number of hydrogen-bond acceptors (Lipinski definition) is 4. The molecule has 6 nitrogen and oxygen atoms in total. The molecule has 0 aromatic carbocycles.